The summed E-state index contributed by atoms with van der Waals surface area (Å²) in [5.41, 5.74) is 0.136. The largest absolute Gasteiger partial charge is 0.537 e. The number of methoxy groups -OCH3 is 2. The molecule has 1 aliphatic rings. The Labute approximate surface area is 148 Å². The second-order valence-electron chi connectivity index (χ2n) is 5.08. The lowest BCUT2D eigenvalue weighted by molar-refractivity contribution is -0.183. The third kappa shape index (κ3) is 4.41. The van der Waals surface area contributed by atoms with Crippen molar-refractivity contribution >= 4 is 23.9 Å². The van der Waals surface area contributed by atoms with Gasteiger partial charge in [-0.25, -0.2) is 9.59 Å². The maximum Gasteiger partial charge on any atom is 0.537 e. The number of hydrogen-bond acceptors (Lipinski definition) is 9. The number of amides is 2. The first-order valence-corrected chi connectivity index (χ1v) is 7.53. The zero-order valence-corrected chi connectivity index (χ0v) is 14.3. The summed E-state index contributed by atoms with van der Waals surface area (Å²) in [6.07, 6.45) is -2.76. The number of hydroxylamine groups is 2. The van der Waals surface area contributed by atoms with Crippen LogP contribution in [-0.2, 0) is 23.9 Å². The Morgan fingerprint density at radius 1 is 1.00 bits per heavy atom. The Bertz CT molecular complexity index is 714. The van der Waals surface area contributed by atoms with Crippen molar-refractivity contribution in [2.75, 3.05) is 14.2 Å². The molecule has 1 unspecified atom stereocenters. The lowest BCUT2D eigenvalue weighted by Crippen LogP contribution is -2.34. The minimum atomic E-state index is -1.35. The summed E-state index contributed by atoms with van der Waals surface area (Å²) < 4.78 is 19.8. The predicted octanol–water partition coefficient (Wildman–Crippen LogP) is 1.42. The highest BCUT2D eigenvalue weighted by Gasteiger charge is 2.34. The van der Waals surface area contributed by atoms with Crippen molar-refractivity contribution in [3.8, 4) is 11.5 Å². The van der Waals surface area contributed by atoms with Crippen LogP contribution >= 0.6 is 0 Å². The second-order valence-corrected chi connectivity index (χ2v) is 5.08. The molecule has 1 heterocycles. The first kappa shape index (κ1) is 19.0. The molecule has 2 rings (SSSR count). The highest BCUT2D eigenvalue weighted by atomic mass is 16.9. The van der Waals surface area contributed by atoms with Gasteiger partial charge in [0.05, 0.1) is 19.8 Å². The lowest BCUT2D eigenvalue weighted by atomic mass is 10.2. The van der Waals surface area contributed by atoms with Gasteiger partial charge < -0.3 is 18.9 Å². The van der Waals surface area contributed by atoms with Crippen LogP contribution in [0, 0.1) is 0 Å². The normalized spacial score (nSPS) is 14.7. The van der Waals surface area contributed by atoms with Crippen molar-refractivity contribution in [2.24, 2.45) is 0 Å². The maximum absolute atomic E-state index is 12.1. The van der Waals surface area contributed by atoms with E-state index >= 15 is 0 Å². The Hall–Kier alpha value is -3.30. The summed E-state index contributed by atoms with van der Waals surface area (Å²) in [7, 11) is 2.86. The van der Waals surface area contributed by atoms with E-state index in [4.69, 9.17) is 18.9 Å². The van der Waals surface area contributed by atoms with Crippen LogP contribution in [0.5, 0.6) is 11.5 Å². The number of esters is 1. The van der Waals surface area contributed by atoms with E-state index in [1.165, 1.54) is 39.3 Å². The Balaban J connectivity index is 1.91. The van der Waals surface area contributed by atoms with Crippen LogP contribution in [-0.4, -0.2) is 49.5 Å². The molecular formula is C16H17NO9. The van der Waals surface area contributed by atoms with Crippen molar-refractivity contribution in [1.82, 2.24) is 5.06 Å². The monoisotopic (exact) mass is 367 g/mol. The molecular weight excluding hydrogens is 350 g/mol. The van der Waals surface area contributed by atoms with E-state index < -0.39 is 30.2 Å². The van der Waals surface area contributed by atoms with Gasteiger partial charge >= 0.3 is 12.1 Å². The SMILES string of the molecule is COc1ccc(C(=O)OC(C)OC(=O)ON2C(=O)CCC2=O)cc1OC. The Morgan fingerprint density at radius 3 is 2.19 bits per heavy atom. The van der Waals surface area contributed by atoms with E-state index in [0.717, 1.165) is 0 Å². The molecule has 26 heavy (non-hydrogen) atoms. The van der Waals surface area contributed by atoms with Crippen LogP contribution in [0.3, 0.4) is 0 Å². The van der Waals surface area contributed by atoms with Gasteiger partial charge in [-0.05, 0) is 18.2 Å². The van der Waals surface area contributed by atoms with E-state index in [-0.39, 0.29) is 18.4 Å². The van der Waals surface area contributed by atoms with Gasteiger partial charge in [-0.15, -0.1) is 0 Å². The molecule has 10 nitrogen and oxygen atoms in total. The number of ether oxygens (including phenoxy) is 4. The van der Waals surface area contributed by atoms with Crippen molar-refractivity contribution in [3.05, 3.63) is 23.8 Å². The van der Waals surface area contributed by atoms with E-state index in [0.29, 0.717) is 16.6 Å². The molecule has 0 saturated carbocycles. The fraction of sp³-hybridized carbons (Fsp3) is 0.375. The van der Waals surface area contributed by atoms with Gasteiger partial charge in [0.15, 0.2) is 11.5 Å². The average Bonchev–Trinajstić information content (AvgIpc) is 2.92. The van der Waals surface area contributed by atoms with Crippen LogP contribution < -0.4 is 9.47 Å². The molecule has 1 aromatic rings. The van der Waals surface area contributed by atoms with E-state index in [1.807, 2.05) is 0 Å². The minimum Gasteiger partial charge on any atom is -0.493 e. The molecule has 0 bridgehead atoms. The van der Waals surface area contributed by atoms with Crippen LogP contribution in [0.15, 0.2) is 18.2 Å². The first-order chi connectivity index (χ1) is 12.3. The summed E-state index contributed by atoms with van der Waals surface area (Å²) in [5, 5.41) is 0.325. The molecule has 1 aromatic carbocycles. The van der Waals surface area contributed by atoms with Gasteiger partial charge in [0.25, 0.3) is 11.8 Å². The quantitative estimate of drug-likeness (QED) is 0.418. The Kier molecular flexibility index (Phi) is 5.99. The predicted molar refractivity (Wildman–Crippen MR) is 83.1 cm³/mol. The standard InChI is InChI=1S/C16H17NO9/c1-9(25-16(21)26-17-13(18)6-7-14(17)19)24-15(20)10-4-5-11(22-2)12(8-10)23-3/h4-5,8-9H,6-7H2,1-3H3. The van der Waals surface area contributed by atoms with Crippen molar-refractivity contribution in [1.29, 1.82) is 0 Å². The molecule has 1 aliphatic heterocycles. The molecule has 0 aliphatic carbocycles. The zero-order valence-electron chi connectivity index (χ0n) is 14.3. The molecule has 0 N–H and O–H groups in total. The van der Waals surface area contributed by atoms with E-state index in [1.54, 1.807) is 0 Å². The van der Waals surface area contributed by atoms with Gasteiger partial charge in [0.1, 0.15) is 0 Å². The fourth-order valence-electron chi connectivity index (χ4n) is 2.10. The van der Waals surface area contributed by atoms with E-state index in [2.05, 4.69) is 4.84 Å². The van der Waals surface area contributed by atoms with Gasteiger partial charge in [0, 0.05) is 19.8 Å². The van der Waals surface area contributed by atoms with Crippen molar-refractivity contribution in [3.63, 3.8) is 0 Å². The smallest absolute Gasteiger partial charge is 0.493 e. The van der Waals surface area contributed by atoms with Gasteiger partial charge in [-0.1, -0.05) is 5.06 Å². The molecule has 2 amide bonds. The van der Waals surface area contributed by atoms with E-state index in [9.17, 15) is 19.2 Å². The van der Waals surface area contributed by atoms with Gasteiger partial charge in [0.2, 0.25) is 6.29 Å². The minimum absolute atomic E-state index is 0.0457. The number of benzene rings is 1. The molecule has 1 saturated heterocycles. The highest BCUT2D eigenvalue weighted by Crippen LogP contribution is 2.28. The number of rotatable bonds is 6. The van der Waals surface area contributed by atoms with Crippen molar-refractivity contribution < 1.29 is 43.0 Å². The topological polar surface area (TPSA) is 118 Å². The number of nitrogens with zero attached hydrogens (tertiary/aromatic N) is 1. The number of carbonyl (C=O) groups is 4. The zero-order chi connectivity index (χ0) is 19.3. The summed E-state index contributed by atoms with van der Waals surface area (Å²) >= 11 is 0. The molecule has 10 heteroatoms. The summed E-state index contributed by atoms with van der Waals surface area (Å²) in [4.78, 5) is 50.9. The third-order valence-corrected chi connectivity index (χ3v) is 3.33. The summed E-state index contributed by atoms with van der Waals surface area (Å²) in [6.45, 7) is 1.27. The van der Waals surface area contributed by atoms with Crippen LogP contribution in [0.2, 0.25) is 0 Å². The van der Waals surface area contributed by atoms with Gasteiger partial charge in [-0.2, -0.15) is 0 Å². The molecule has 0 radical (unpaired) electrons. The average molecular weight is 367 g/mol. The molecule has 1 atom stereocenters. The summed E-state index contributed by atoms with van der Waals surface area (Å²) in [5.74, 6) is -1.35. The maximum atomic E-state index is 12.1. The molecule has 140 valence electrons. The van der Waals surface area contributed by atoms with Crippen LogP contribution in [0.25, 0.3) is 0 Å². The summed E-state index contributed by atoms with van der Waals surface area (Å²) in [6, 6.07) is 4.35. The number of hydrogen-bond donors (Lipinski definition) is 0. The molecule has 0 spiro atoms. The second kappa shape index (κ2) is 8.19. The fourth-order valence-corrected chi connectivity index (χ4v) is 2.10. The van der Waals surface area contributed by atoms with Crippen molar-refractivity contribution in [2.45, 2.75) is 26.1 Å². The molecule has 1 fully saturated rings. The lowest BCUT2D eigenvalue weighted by Gasteiger charge is -2.16. The van der Waals surface area contributed by atoms with Gasteiger partial charge in [-0.3, -0.25) is 14.4 Å². The number of imide groups is 1. The first-order valence-electron chi connectivity index (χ1n) is 7.53. The number of carbonyl (C=O) groups excluding carboxylic acids is 4. The third-order valence-electron chi connectivity index (χ3n) is 3.33. The highest BCUT2D eigenvalue weighted by molar-refractivity contribution is 6.01. The van der Waals surface area contributed by atoms with Crippen LogP contribution in [0.1, 0.15) is 30.1 Å². The molecule has 0 aromatic heterocycles. The van der Waals surface area contributed by atoms with Crippen LogP contribution in [0.4, 0.5) is 4.79 Å². The Morgan fingerprint density at radius 2 is 1.62 bits per heavy atom.